The van der Waals surface area contributed by atoms with Crippen LogP contribution in [0.4, 0.5) is 10.1 Å². The monoisotopic (exact) mass is 250 g/mol. The minimum absolute atomic E-state index is 0.0287. The van der Waals surface area contributed by atoms with E-state index in [2.05, 4.69) is 12.2 Å². The number of amides is 1. The molecular weight excluding hydrogens is 231 g/mol. The van der Waals surface area contributed by atoms with Gasteiger partial charge in [0.2, 0.25) is 0 Å². The Labute approximate surface area is 107 Å². The number of hydrogen-bond acceptors (Lipinski definition) is 2. The average molecular weight is 250 g/mol. The molecule has 1 aromatic carbocycles. The molecule has 4 heteroatoms. The third kappa shape index (κ3) is 3.00. The molecule has 3 N–H and O–H groups in total. The summed E-state index contributed by atoms with van der Waals surface area (Å²) in [6, 6.07) is 4.05. The van der Waals surface area contributed by atoms with Gasteiger partial charge >= 0.3 is 0 Å². The molecule has 1 amide bonds. The van der Waals surface area contributed by atoms with Crippen molar-refractivity contribution < 1.29 is 9.18 Å². The van der Waals surface area contributed by atoms with Gasteiger partial charge in [0.05, 0.1) is 5.56 Å². The van der Waals surface area contributed by atoms with E-state index >= 15 is 0 Å². The third-order valence-electron chi connectivity index (χ3n) is 3.59. The van der Waals surface area contributed by atoms with Gasteiger partial charge in [0, 0.05) is 12.2 Å². The third-order valence-corrected chi connectivity index (χ3v) is 3.59. The summed E-state index contributed by atoms with van der Waals surface area (Å²) in [4.78, 5) is 11.8. The van der Waals surface area contributed by atoms with E-state index in [1.807, 2.05) is 0 Å². The van der Waals surface area contributed by atoms with Crippen molar-refractivity contribution in [3.05, 3.63) is 29.6 Å². The number of benzene rings is 1. The van der Waals surface area contributed by atoms with E-state index in [1.54, 1.807) is 0 Å². The summed E-state index contributed by atoms with van der Waals surface area (Å²) >= 11 is 0. The lowest BCUT2D eigenvalue weighted by molar-refractivity contribution is 0.0943. The lowest BCUT2D eigenvalue weighted by Gasteiger charge is -2.11. The first-order chi connectivity index (χ1) is 8.56. The molecule has 0 heterocycles. The molecule has 0 saturated heterocycles. The number of anilines is 1. The Morgan fingerprint density at radius 1 is 1.50 bits per heavy atom. The number of nitrogens with one attached hydrogen (secondary N) is 1. The van der Waals surface area contributed by atoms with Crippen molar-refractivity contribution in [2.75, 3.05) is 12.3 Å². The molecule has 1 aliphatic carbocycles. The zero-order valence-corrected chi connectivity index (χ0v) is 10.6. The van der Waals surface area contributed by atoms with E-state index < -0.39 is 5.82 Å². The maximum atomic E-state index is 13.5. The molecule has 1 aliphatic rings. The van der Waals surface area contributed by atoms with E-state index in [-0.39, 0.29) is 11.5 Å². The highest BCUT2D eigenvalue weighted by Gasteiger charge is 2.22. The smallest absolute Gasteiger partial charge is 0.254 e. The number of nitrogens with two attached hydrogens (primary N) is 1. The molecule has 1 saturated carbocycles. The topological polar surface area (TPSA) is 55.1 Å². The fourth-order valence-electron chi connectivity index (χ4n) is 2.56. The number of hydrogen-bond donors (Lipinski definition) is 2. The van der Waals surface area contributed by atoms with Crippen LogP contribution in [-0.2, 0) is 0 Å². The van der Waals surface area contributed by atoms with E-state index in [9.17, 15) is 9.18 Å². The fraction of sp³-hybridized carbons (Fsp3) is 0.500. The lowest BCUT2D eigenvalue weighted by atomic mass is 10.1. The molecule has 0 aliphatic heterocycles. The Balaban J connectivity index is 1.93. The van der Waals surface area contributed by atoms with E-state index in [0.29, 0.717) is 18.2 Å². The second-order valence-corrected chi connectivity index (χ2v) is 5.23. The molecule has 0 radical (unpaired) electrons. The zero-order valence-electron chi connectivity index (χ0n) is 10.6. The number of nitrogen functional groups attached to an aromatic ring is 1. The number of carbonyl (C=O) groups is 1. The van der Waals surface area contributed by atoms with Crippen LogP contribution in [0.25, 0.3) is 0 Å². The van der Waals surface area contributed by atoms with Crippen molar-refractivity contribution in [3.8, 4) is 0 Å². The van der Waals surface area contributed by atoms with Gasteiger partial charge in [0.15, 0.2) is 0 Å². The second-order valence-electron chi connectivity index (χ2n) is 5.23. The molecule has 0 aromatic heterocycles. The van der Waals surface area contributed by atoms with Gasteiger partial charge in [0.25, 0.3) is 5.91 Å². The molecule has 0 bridgehead atoms. The molecule has 0 spiro atoms. The quantitative estimate of drug-likeness (QED) is 0.810. The molecule has 2 unspecified atom stereocenters. The molecule has 3 nitrogen and oxygen atoms in total. The molecule has 1 fully saturated rings. The maximum Gasteiger partial charge on any atom is 0.254 e. The number of rotatable bonds is 3. The van der Waals surface area contributed by atoms with Gasteiger partial charge in [-0.25, -0.2) is 4.39 Å². The molecule has 2 rings (SSSR count). The summed E-state index contributed by atoms with van der Waals surface area (Å²) in [5.74, 6) is 0.352. The van der Waals surface area contributed by atoms with Crippen LogP contribution in [0.2, 0.25) is 0 Å². The SMILES string of the molecule is CC1CCC(CNC(=O)c2cc(N)ccc2F)C1. The Morgan fingerprint density at radius 3 is 2.94 bits per heavy atom. The lowest BCUT2D eigenvalue weighted by Crippen LogP contribution is -2.29. The van der Waals surface area contributed by atoms with Crippen LogP contribution in [0.3, 0.4) is 0 Å². The molecule has 2 atom stereocenters. The average Bonchev–Trinajstić information content (AvgIpc) is 2.75. The van der Waals surface area contributed by atoms with Crippen LogP contribution < -0.4 is 11.1 Å². The highest BCUT2D eigenvalue weighted by molar-refractivity contribution is 5.95. The van der Waals surface area contributed by atoms with Gasteiger partial charge < -0.3 is 11.1 Å². The fourth-order valence-corrected chi connectivity index (χ4v) is 2.56. The summed E-state index contributed by atoms with van der Waals surface area (Å²) in [6.45, 7) is 2.84. The summed E-state index contributed by atoms with van der Waals surface area (Å²) in [6.07, 6.45) is 3.49. The van der Waals surface area contributed by atoms with Gasteiger partial charge in [-0.1, -0.05) is 13.3 Å². The van der Waals surface area contributed by atoms with Crippen LogP contribution in [-0.4, -0.2) is 12.5 Å². The van der Waals surface area contributed by atoms with Gasteiger partial charge in [0.1, 0.15) is 5.82 Å². The van der Waals surface area contributed by atoms with Gasteiger partial charge in [-0.15, -0.1) is 0 Å². The Hall–Kier alpha value is -1.58. The summed E-state index contributed by atoms with van der Waals surface area (Å²) in [7, 11) is 0. The van der Waals surface area contributed by atoms with Crippen molar-refractivity contribution in [1.82, 2.24) is 5.32 Å². The predicted molar refractivity (Wildman–Crippen MR) is 69.7 cm³/mol. The van der Waals surface area contributed by atoms with Crippen LogP contribution in [0.1, 0.15) is 36.5 Å². The van der Waals surface area contributed by atoms with E-state index in [0.717, 1.165) is 18.8 Å². The van der Waals surface area contributed by atoms with Crippen molar-refractivity contribution in [3.63, 3.8) is 0 Å². The van der Waals surface area contributed by atoms with E-state index in [4.69, 9.17) is 5.73 Å². The summed E-state index contributed by atoms with van der Waals surface area (Å²) < 4.78 is 13.5. The Kier molecular flexibility index (Phi) is 3.84. The minimum Gasteiger partial charge on any atom is -0.399 e. The number of halogens is 1. The summed E-state index contributed by atoms with van der Waals surface area (Å²) in [5.41, 5.74) is 5.98. The maximum absolute atomic E-state index is 13.5. The van der Waals surface area contributed by atoms with Gasteiger partial charge in [-0.05, 0) is 42.9 Å². The van der Waals surface area contributed by atoms with Crippen LogP contribution >= 0.6 is 0 Å². The van der Waals surface area contributed by atoms with Gasteiger partial charge in [-0.3, -0.25) is 4.79 Å². The van der Waals surface area contributed by atoms with Crippen LogP contribution in [0.5, 0.6) is 0 Å². The highest BCUT2D eigenvalue weighted by atomic mass is 19.1. The Morgan fingerprint density at radius 2 is 2.28 bits per heavy atom. The first-order valence-electron chi connectivity index (χ1n) is 6.39. The number of carbonyl (C=O) groups excluding carboxylic acids is 1. The molecule has 18 heavy (non-hydrogen) atoms. The van der Waals surface area contributed by atoms with Crippen LogP contribution in [0, 0.1) is 17.7 Å². The molecular formula is C14H19FN2O. The standard InChI is InChI=1S/C14H19FN2O/c1-9-2-3-10(6-9)8-17-14(18)12-7-11(16)4-5-13(12)15/h4-5,7,9-10H,2-3,6,8,16H2,1H3,(H,17,18). The van der Waals surface area contributed by atoms with Crippen LogP contribution in [0.15, 0.2) is 18.2 Å². The minimum atomic E-state index is -0.526. The van der Waals surface area contributed by atoms with Crippen molar-refractivity contribution in [2.24, 2.45) is 11.8 Å². The first kappa shape index (κ1) is 12.9. The molecule has 98 valence electrons. The van der Waals surface area contributed by atoms with Crippen molar-refractivity contribution in [1.29, 1.82) is 0 Å². The van der Waals surface area contributed by atoms with Crippen molar-refractivity contribution in [2.45, 2.75) is 26.2 Å². The largest absolute Gasteiger partial charge is 0.399 e. The molecule has 1 aromatic rings. The Bertz CT molecular complexity index is 447. The van der Waals surface area contributed by atoms with Gasteiger partial charge in [-0.2, -0.15) is 0 Å². The first-order valence-corrected chi connectivity index (χ1v) is 6.39. The highest BCUT2D eigenvalue weighted by Crippen LogP contribution is 2.29. The second kappa shape index (κ2) is 5.38. The zero-order chi connectivity index (χ0) is 13.1. The van der Waals surface area contributed by atoms with E-state index in [1.165, 1.54) is 24.6 Å². The predicted octanol–water partition coefficient (Wildman–Crippen LogP) is 2.57. The normalized spacial score (nSPS) is 23.0. The summed E-state index contributed by atoms with van der Waals surface area (Å²) in [5, 5.41) is 2.80. The van der Waals surface area contributed by atoms with Crippen molar-refractivity contribution >= 4 is 11.6 Å².